The van der Waals surface area contributed by atoms with Crippen LogP contribution in [0.15, 0.2) is 48.5 Å². The standard InChI is InChI=1S/C22H25N3O3/c1-14-10-11-17(12-15(14)2)16(3)23-19(26)13-25-20(27)22(4,24-21(25)28)18-8-6-5-7-9-18/h5-12,16H,13H2,1-4H3,(H,23,26)(H,24,28)/t16-,22+/m0/s1. The summed E-state index contributed by atoms with van der Waals surface area (Å²) >= 11 is 0. The van der Waals surface area contributed by atoms with Crippen molar-refractivity contribution in [2.75, 3.05) is 6.54 Å². The first kappa shape index (κ1) is 19.6. The maximum Gasteiger partial charge on any atom is 0.325 e. The van der Waals surface area contributed by atoms with Crippen molar-refractivity contribution in [3.63, 3.8) is 0 Å². The summed E-state index contributed by atoms with van der Waals surface area (Å²) in [6, 6.07) is 14.2. The highest BCUT2D eigenvalue weighted by atomic mass is 16.2. The molecule has 6 nitrogen and oxygen atoms in total. The fourth-order valence-corrected chi connectivity index (χ4v) is 3.36. The third kappa shape index (κ3) is 3.63. The number of hydrogen-bond acceptors (Lipinski definition) is 3. The first-order valence-corrected chi connectivity index (χ1v) is 9.28. The first-order chi connectivity index (χ1) is 13.2. The van der Waals surface area contributed by atoms with Crippen LogP contribution in [0, 0.1) is 13.8 Å². The Hall–Kier alpha value is -3.15. The topological polar surface area (TPSA) is 78.5 Å². The third-order valence-electron chi connectivity index (χ3n) is 5.34. The number of carbonyl (C=O) groups excluding carboxylic acids is 3. The van der Waals surface area contributed by atoms with E-state index in [4.69, 9.17) is 0 Å². The van der Waals surface area contributed by atoms with Gasteiger partial charge in [-0.1, -0.05) is 48.5 Å². The van der Waals surface area contributed by atoms with Crippen LogP contribution in [0.1, 0.15) is 42.1 Å². The summed E-state index contributed by atoms with van der Waals surface area (Å²) in [6.45, 7) is 7.26. The van der Waals surface area contributed by atoms with E-state index in [1.807, 2.05) is 45.0 Å². The highest BCUT2D eigenvalue weighted by Gasteiger charge is 2.49. The zero-order chi connectivity index (χ0) is 20.5. The lowest BCUT2D eigenvalue weighted by Gasteiger charge is -2.22. The van der Waals surface area contributed by atoms with E-state index in [0.29, 0.717) is 5.56 Å². The number of imide groups is 1. The Kier molecular flexibility index (Phi) is 5.23. The van der Waals surface area contributed by atoms with Crippen molar-refractivity contribution in [1.82, 2.24) is 15.5 Å². The predicted molar refractivity (Wildman–Crippen MR) is 107 cm³/mol. The molecule has 4 amide bonds. The number of benzene rings is 2. The van der Waals surface area contributed by atoms with Crippen LogP contribution >= 0.6 is 0 Å². The molecule has 6 heteroatoms. The smallest absolute Gasteiger partial charge is 0.325 e. The highest BCUT2D eigenvalue weighted by molar-refractivity contribution is 6.09. The Morgan fingerprint density at radius 1 is 1.11 bits per heavy atom. The summed E-state index contributed by atoms with van der Waals surface area (Å²) in [5.74, 6) is -0.816. The lowest BCUT2D eigenvalue weighted by Crippen LogP contribution is -2.43. The molecule has 2 atom stereocenters. The van der Waals surface area contributed by atoms with Crippen LogP contribution < -0.4 is 10.6 Å². The lowest BCUT2D eigenvalue weighted by molar-refractivity contribution is -0.135. The molecule has 0 bridgehead atoms. The maximum atomic E-state index is 12.9. The van der Waals surface area contributed by atoms with Crippen molar-refractivity contribution >= 4 is 17.8 Å². The number of nitrogens with one attached hydrogen (secondary N) is 2. The normalized spacial score (nSPS) is 20.1. The van der Waals surface area contributed by atoms with E-state index in [-0.39, 0.29) is 18.5 Å². The molecule has 2 aromatic rings. The molecule has 0 saturated carbocycles. The van der Waals surface area contributed by atoms with Crippen LogP contribution in [0.3, 0.4) is 0 Å². The van der Waals surface area contributed by atoms with Gasteiger partial charge in [0.25, 0.3) is 5.91 Å². The number of urea groups is 1. The molecule has 0 spiro atoms. The van der Waals surface area contributed by atoms with Gasteiger partial charge in [0, 0.05) is 0 Å². The van der Waals surface area contributed by atoms with Gasteiger partial charge in [0.2, 0.25) is 5.91 Å². The number of carbonyl (C=O) groups is 3. The van der Waals surface area contributed by atoms with Gasteiger partial charge in [-0.15, -0.1) is 0 Å². The zero-order valence-corrected chi connectivity index (χ0v) is 16.6. The molecule has 0 aromatic heterocycles. The second-order valence-electron chi connectivity index (χ2n) is 7.45. The molecule has 1 fully saturated rings. The van der Waals surface area contributed by atoms with Gasteiger partial charge in [-0.2, -0.15) is 0 Å². The molecular formula is C22H25N3O3. The van der Waals surface area contributed by atoms with Crippen molar-refractivity contribution in [3.05, 3.63) is 70.8 Å². The van der Waals surface area contributed by atoms with Crippen LogP contribution in [0.5, 0.6) is 0 Å². The number of nitrogens with zero attached hydrogens (tertiary/aromatic N) is 1. The van der Waals surface area contributed by atoms with Gasteiger partial charge in [-0.05, 0) is 49.9 Å². The SMILES string of the molecule is Cc1ccc([C@H](C)NC(=O)CN2C(=O)N[C@](C)(c3ccccc3)C2=O)cc1C. The van der Waals surface area contributed by atoms with E-state index in [1.165, 1.54) is 5.56 Å². The van der Waals surface area contributed by atoms with Gasteiger partial charge in [0.1, 0.15) is 12.1 Å². The Morgan fingerprint density at radius 2 is 1.79 bits per heavy atom. The average molecular weight is 379 g/mol. The van der Waals surface area contributed by atoms with Gasteiger partial charge < -0.3 is 10.6 Å². The van der Waals surface area contributed by atoms with Crippen LogP contribution in [-0.2, 0) is 15.1 Å². The third-order valence-corrected chi connectivity index (χ3v) is 5.34. The first-order valence-electron chi connectivity index (χ1n) is 9.28. The summed E-state index contributed by atoms with van der Waals surface area (Å²) in [5.41, 5.74) is 2.81. The second kappa shape index (κ2) is 7.46. The van der Waals surface area contributed by atoms with E-state index >= 15 is 0 Å². The molecular weight excluding hydrogens is 354 g/mol. The second-order valence-corrected chi connectivity index (χ2v) is 7.45. The number of rotatable bonds is 5. The molecule has 2 N–H and O–H groups in total. The van der Waals surface area contributed by atoms with Crippen molar-refractivity contribution in [3.8, 4) is 0 Å². The van der Waals surface area contributed by atoms with E-state index in [0.717, 1.165) is 16.0 Å². The molecule has 1 heterocycles. The lowest BCUT2D eigenvalue weighted by atomic mass is 9.92. The minimum absolute atomic E-state index is 0.229. The Morgan fingerprint density at radius 3 is 2.43 bits per heavy atom. The highest BCUT2D eigenvalue weighted by Crippen LogP contribution is 2.28. The number of aryl methyl sites for hydroxylation is 2. The van der Waals surface area contributed by atoms with Crippen LogP contribution in [0.25, 0.3) is 0 Å². The summed E-state index contributed by atoms with van der Waals surface area (Å²) in [7, 11) is 0. The summed E-state index contributed by atoms with van der Waals surface area (Å²) < 4.78 is 0. The van der Waals surface area contributed by atoms with Gasteiger partial charge in [-0.3, -0.25) is 14.5 Å². The molecule has 0 radical (unpaired) electrons. The fourth-order valence-electron chi connectivity index (χ4n) is 3.36. The van der Waals surface area contributed by atoms with E-state index in [1.54, 1.807) is 31.2 Å². The van der Waals surface area contributed by atoms with Gasteiger partial charge in [-0.25, -0.2) is 4.79 Å². The predicted octanol–water partition coefficient (Wildman–Crippen LogP) is 2.95. The van der Waals surface area contributed by atoms with E-state index in [9.17, 15) is 14.4 Å². The number of hydrogen-bond donors (Lipinski definition) is 2. The number of amides is 4. The van der Waals surface area contributed by atoms with Crippen LogP contribution in [0.4, 0.5) is 4.79 Å². The summed E-state index contributed by atoms with van der Waals surface area (Å²) in [5, 5.41) is 5.57. The van der Waals surface area contributed by atoms with Gasteiger partial charge in [0.15, 0.2) is 0 Å². The van der Waals surface area contributed by atoms with Crippen molar-refractivity contribution in [2.45, 2.75) is 39.3 Å². The molecule has 2 aromatic carbocycles. The maximum absolute atomic E-state index is 12.9. The molecule has 1 saturated heterocycles. The minimum atomic E-state index is -1.17. The molecule has 1 aliphatic heterocycles. The molecule has 3 rings (SSSR count). The Balaban J connectivity index is 1.69. The van der Waals surface area contributed by atoms with Crippen LogP contribution in [-0.4, -0.2) is 29.3 Å². The van der Waals surface area contributed by atoms with Crippen molar-refractivity contribution in [2.24, 2.45) is 0 Å². The Labute approximate surface area is 164 Å². The van der Waals surface area contributed by atoms with Crippen molar-refractivity contribution < 1.29 is 14.4 Å². The molecule has 146 valence electrons. The molecule has 1 aliphatic rings. The zero-order valence-electron chi connectivity index (χ0n) is 16.6. The van der Waals surface area contributed by atoms with E-state index in [2.05, 4.69) is 10.6 Å². The average Bonchev–Trinajstić information content (AvgIpc) is 2.88. The quantitative estimate of drug-likeness (QED) is 0.784. The van der Waals surface area contributed by atoms with Gasteiger partial charge in [0.05, 0.1) is 6.04 Å². The van der Waals surface area contributed by atoms with E-state index < -0.39 is 17.5 Å². The molecule has 28 heavy (non-hydrogen) atoms. The fraction of sp³-hybridized carbons (Fsp3) is 0.318. The summed E-state index contributed by atoms with van der Waals surface area (Å²) in [6.07, 6.45) is 0. The minimum Gasteiger partial charge on any atom is -0.348 e. The van der Waals surface area contributed by atoms with Gasteiger partial charge >= 0.3 is 6.03 Å². The monoisotopic (exact) mass is 379 g/mol. The summed E-state index contributed by atoms with van der Waals surface area (Å²) in [4.78, 5) is 38.7. The van der Waals surface area contributed by atoms with Crippen molar-refractivity contribution in [1.29, 1.82) is 0 Å². The molecule has 0 unspecified atom stereocenters. The van der Waals surface area contributed by atoms with Crippen LogP contribution in [0.2, 0.25) is 0 Å². The molecule has 0 aliphatic carbocycles. The largest absolute Gasteiger partial charge is 0.348 e. The Bertz CT molecular complexity index is 926.